The van der Waals surface area contributed by atoms with Crippen LogP contribution in [0.3, 0.4) is 0 Å². The van der Waals surface area contributed by atoms with Crippen molar-refractivity contribution >= 4 is 17.5 Å². The molecule has 19 heavy (non-hydrogen) atoms. The van der Waals surface area contributed by atoms with Gasteiger partial charge in [0.1, 0.15) is 18.4 Å². The number of anilines is 1. The number of aromatic nitrogens is 1. The third kappa shape index (κ3) is 3.64. The highest BCUT2D eigenvalue weighted by Crippen LogP contribution is 2.19. The molecule has 0 unspecified atom stereocenters. The van der Waals surface area contributed by atoms with Gasteiger partial charge in [0.05, 0.1) is 11.5 Å². The van der Waals surface area contributed by atoms with Crippen molar-refractivity contribution < 1.29 is 14.5 Å². The first-order valence-corrected chi connectivity index (χ1v) is 5.41. The Bertz CT molecular complexity index is 538. The number of likely N-dealkylation sites (N-methyl/N-ethyl adjacent to an activating group) is 1. The monoisotopic (exact) mass is 264 g/mol. The first-order chi connectivity index (χ1) is 8.99. The smallest absolute Gasteiger partial charge is 0.325 e. The van der Waals surface area contributed by atoms with Crippen LogP contribution in [0.1, 0.15) is 12.6 Å². The van der Waals surface area contributed by atoms with E-state index in [2.05, 4.69) is 4.98 Å². The van der Waals surface area contributed by atoms with Crippen molar-refractivity contribution in [1.29, 1.82) is 5.26 Å². The lowest BCUT2D eigenvalue weighted by atomic mass is 10.3. The molecule has 0 radical (unpaired) electrons. The molecule has 0 saturated heterocycles. The molecule has 1 aromatic heterocycles. The van der Waals surface area contributed by atoms with Crippen LogP contribution < -0.4 is 4.90 Å². The molecule has 0 saturated carbocycles. The molecule has 0 amide bonds. The van der Waals surface area contributed by atoms with Gasteiger partial charge >= 0.3 is 11.7 Å². The highest BCUT2D eigenvalue weighted by molar-refractivity contribution is 5.75. The lowest BCUT2D eigenvalue weighted by molar-refractivity contribution is -0.385. The van der Waals surface area contributed by atoms with Crippen LogP contribution in [-0.2, 0) is 9.53 Å². The molecule has 0 atom stereocenters. The Balaban J connectivity index is 2.94. The third-order valence-corrected chi connectivity index (χ3v) is 2.22. The number of nitriles is 1. The van der Waals surface area contributed by atoms with Crippen LogP contribution in [0.2, 0.25) is 0 Å². The van der Waals surface area contributed by atoms with Crippen molar-refractivity contribution in [2.24, 2.45) is 0 Å². The second kappa shape index (κ2) is 6.30. The summed E-state index contributed by atoms with van der Waals surface area (Å²) in [7, 11) is 1.58. The van der Waals surface area contributed by atoms with Gasteiger partial charge in [-0.05, 0) is 13.0 Å². The van der Waals surface area contributed by atoms with E-state index >= 15 is 0 Å². The van der Waals surface area contributed by atoms with E-state index in [1.165, 1.54) is 17.0 Å². The lowest BCUT2D eigenvalue weighted by Crippen LogP contribution is -2.28. The van der Waals surface area contributed by atoms with Crippen LogP contribution >= 0.6 is 0 Å². The number of hydrogen-bond acceptors (Lipinski definition) is 7. The zero-order valence-corrected chi connectivity index (χ0v) is 10.5. The minimum atomic E-state index is -0.680. The van der Waals surface area contributed by atoms with Crippen molar-refractivity contribution in [3.8, 4) is 6.07 Å². The number of ether oxygens (including phenoxy) is 1. The van der Waals surface area contributed by atoms with Gasteiger partial charge < -0.3 is 9.64 Å². The van der Waals surface area contributed by atoms with Crippen molar-refractivity contribution in [3.63, 3.8) is 0 Å². The Labute approximate surface area is 109 Å². The van der Waals surface area contributed by atoms with E-state index in [4.69, 9.17) is 10.00 Å². The minimum absolute atomic E-state index is 0.0521. The Morgan fingerprint density at radius 3 is 2.84 bits per heavy atom. The lowest BCUT2D eigenvalue weighted by Gasteiger charge is -2.16. The van der Waals surface area contributed by atoms with E-state index in [0.717, 1.165) is 0 Å². The predicted octanol–water partition coefficient (Wildman–Crippen LogP) is 0.861. The maximum atomic E-state index is 11.3. The average molecular weight is 264 g/mol. The van der Waals surface area contributed by atoms with Gasteiger partial charge in [0.15, 0.2) is 0 Å². The number of nitro groups is 1. The Kier molecular flexibility index (Phi) is 4.76. The zero-order chi connectivity index (χ0) is 14.4. The summed E-state index contributed by atoms with van der Waals surface area (Å²) in [6, 6.07) is 4.21. The molecule has 0 aliphatic rings. The Morgan fingerprint density at radius 2 is 2.32 bits per heavy atom. The molecular formula is C11H12N4O4. The molecule has 1 rings (SSSR count). The molecule has 0 fully saturated rings. The largest absolute Gasteiger partial charge is 0.465 e. The summed E-state index contributed by atoms with van der Waals surface area (Å²) in [6.07, 6.45) is 0. The summed E-state index contributed by atoms with van der Waals surface area (Å²) in [5, 5.41) is 19.5. The van der Waals surface area contributed by atoms with Crippen LogP contribution in [0.15, 0.2) is 12.1 Å². The molecule has 100 valence electrons. The third-order valence-electron chi connectivity index (χ3n) is 2.22. The predicted molar refractivity (Wildman–Crippen MR) is 65.5 cm³/mol. The number of carbonyl (C=O) groups excluding carboxylic acids is 1. The number of nitrogens with zero attached hydrogens (tertiary/aromatic N) is 4. The van der Waals surface area contributed by atoms with Gasteiger partial charge in [-0.3, -0.25) is 14.9 Å². The standard InChI is InChI=1S/C11H12N4O4/c1-3-19-11(16)7-14(2)10-5-4-9(15(17)18)8(6-12)13-10/h4-5H,3,7H2,1-2H3. The molecule has 0 aromatic carbocycles. The molecule has 1 heterocycles. The molecule has 0 aliphatic carbocycles. The number of hydrogen-bond donors (Lipinski definition) is 0. The number of esters is 1. The summed E-state index contributed by atoms with van der Waals surface area (Å²) in [6.45, 7) is 1.91. The summed E-state index contributed by atoms with van der Waals surface area (Å²) in [4.78, 5) is 26.6. The normalized spacial score (nSPS) is 9.53. The van der Waals surface area contributed by atoms with Crippen LogP contribution in [-0.4, -0.2) is 36.1 Å². The van der Waals surface area contributed by atoms with Gasteiger partial charge in [0, 0.05) is 13.1 Å². The average Bonchev–Trinajstić information content (AvgIpc) is 2.37. The summed E-state index contributed by atoms with van der Waals surface area (Å²) in [5.41, 5.74) is -0.658. The summed E-state index contributed by atoms with van der Waals surface area (Å²) in [5.74, 6) is -0.154. The first kappa shape index (κ1) is 14.4. The van der Waals surface area contributed by atoms with Crippen molar-refractivity contribution in [2.45, 2.75) is 6.92 Å². The highest BCUT2D eigenvalue weighted by Gasteiger charge is 2.18. The molecule has 0 spiro atoms. The molecule has 0 bridgehead atoms. The van der Waals surface area contributed by atoms with E-state index in [1.807, 2.05) is 0 Å². The molecule has 8 nitrogen and oxygen atoms in total. The number of rotatable bonds is 5. The van der Waals surface area contributed by atoms with Crippen molar-refractivity contribution in [1.82, 2.24) is 4.98 Å². The van der Waals surface area contributed by atoms with Crippen molar-refractivity contribution in [3.05, 3.63) is 27.9 Å². The fourth-order valence-corrected chi connectivity index (χ4v) is 1.36. The van der Waals surface area contributed by atoms with Gasteiger partial charge in [0.2, 0.25) is 5.69 Å². The van der Waals surface area contributed by atoms with Gasteiger partial charge in [-0.2, -0.15) is 5.26 Å². The van der Waals surface area contributed by atoms with E-state index in [1.54, 1.807) is 20.0 Å². The van der Waals surface area contributed by atoms with Gasteiger partial charge in [-0.25, -0.2) is 4.98 Å². The van der Waals surface area contributed by atoms with Crippen LogP contribution in [0.5, 0.6) is 0 Å². The maximum Gasteiger partial charge on any atom is 0.325 e. The van der Waals surface area contributed by atoms with Gasteiger partial charge in [-0.1, -0.05) is 0 Å². The first-order valence-electron chi connectivity index (χ1n) is 5.41. The van der Waals surface area contributed by atoms with Crippen LogP contribution in [0, 0.1) is 21.4 Å². The van der Waals surface area contributed by atoms with E-state index in [0.29, 0.717) is 0 Å². The van der Waals surface area contributed by atoms with E-state index in [9.17, 15) is 14.9 Å². The summed E-state index contributed by atoms with van der Waals surface area (Å²) < 4.78 is 4.77. The maximum absolute atomic E-state index is 11.3. The fourth-order valence-electron chi connectivity index (χ4n) is 1.36. The Hall–Kier alpha value is -2.69. The molecule has 1 aromatic rings. The molecular weight excluding hydrogens is 252 g/mol. The fraction of sp³-hybridized carbons (Fsp3) is 0.364. The highest BCUT2D eigenvalue weighted by atomic mass is 16.6. The molecule has 8 heteroatoms. The molecule has 0 N–H and O–H groups in total. The minimum Gasteiger partial charge on any atom is -0.465 e. The van der Waals surface area contributed by atoms with Crippen LogP contribution in [0.25, 0.3) is 0 Å². The second-order valence-electron chi connectivity index (χ2n) is 3.57. The topological polar surface area (TPSA) is 109 Å². The Morgan fingerprint density at radius 1 is 1.63 bits per heavy atom. The number of pyridine rings is 1. The quantitative estimate of drug-likeness (QED) is 0.440. The van der Waals surface area contributed by atoms with E-state index in [-0.39, 0.29) is 30.4 Å². The number of carbonyl (C=O) groups is 1. The van der Waals surface area contributed by atoms with Crippen LogP contribution in [0.4, 0.5) is 11.5 Å². The molecule has 0 aliphatic heterocycles. The van der Waals surface area contributed by atoms with Crippen molar-refractivity contribution in [2.75, 3.05) is 25.1 Å². The zero-order valence-electron chi connectivity index (χ0n) is 10.5. The summed E-state index contributed by atoms with van der Waals surface area (Å²) >= 11 is 0. The van der Waals surface area contributed by atoms with Gasteiger partial charge in [0.25, 0.3) is 0 Å². The second-order valence-corrected chi connectivity index (χ2v) is 3.57. The van der Waals surface area contributed by atoms with Gasteiger partial charge in [-0.15, -0.1) is 0 Å². The SMILES string of the molecule is CCOC(=O)CN(C)c1ccc([N+](=O)[O-])c(C#N)n1. The van der Waals surface area contributed by atoms with E-state index < -0.39 is 10.9 Å².